The Kier molecular flexibility index (Phi) is 7.47. The number of hydrogen-bond donors (Lipinski definition) is 2. The second-order valence-electron chi connectivity index (χ2n) is 8.09. The third kappa shape index (κ3) is 5.14. The zero-order valence-electron chi connectivity index (χ0n) is 18.4. The van der Waals surface area contributed by atoms with Gasteiger partial charge in [-0.05, 0) is 36.2 Å². The standard InChI is InChI=1S/C25H30N2O4/c1-4-17-31-20-13-11-19(12-14-20)23(28)21-22(18-9-6-5-7-10-18)27(25(30)24(21)29)16-8-15-26(2)3/h5-7,9-14,22,28H,4,8,15-17H2,1-3H3/p+1/t22-/m0/s1. The highest BCUT2D eigenvalue weighted by atomic mass is 16.5. The van der Waals surface area contributed by atoms with Crippen LogP contribution in [0.15, 0.2) is 60.2 Å². The van der Waals surface area contributed by atoms with E-state index in [1.807, 2.05) is 37.3 Å². The molecule has 0 spiro atoms. The number of aliphatic hydroxyl groups excluding tert-OH is 1. The van der Waals surface area contributed by atoms with E-state index < -0.39 is 17.7 Å². The molecule has 0 bridgehead atoms. The van der Waals surface area contributed by atoms with Crippen LogP contribution in [0.1, 0.15) is 36.9 Å². The van der Waals surface area contributed by atoms with E-state index in [1.54, 1.807) is 29.2 Å². The summed E-state index contributed by atoms with van der Waals surface area (Å²) >= 11 is 0. The summed E-state index contributed by atoms with van der Waals surface area (Å²) in [5.74, 6) is -0.665. The van der Waals surface area contributed by atoms with Gasteiger partial charge < -0.3 is 19.6 Å². The second kappa shape index (κ2) is 10.3. The number of carbonyl (C=O) groups excluding carboxylic acids is 2. The summed E-state index contributed by atoms with van der Waals surface area (Å²) in [6.07, 6.45) is 1.67. The third-order valence-corrected chi connectivity index (χ3v) is 5.33. The van der Waals surface area contributed by atoms with Crippen molar-refractivity contribution >= 4 is 17.4 Å². The van der Waals surface area contributed by atoms with E-state index in [0.717, 1.165) is 24.9 Å². The molecule has 1 aliphatic rings. The molecule has 1 aliphatic heterocycles. The Morgan fingerprint density at radius 3 is 2.35 bits per heavy atom. The molecule has 6 heteroatoms. The number of likely N-dealkylation sites (tertiary alicyclic amines) is 1. The van der Waals surface area contributed by atoms with Crippen LogP contribution < -0.4 is 9.64 Å². The van der Waals surface area contributed by atoms with Gasteiger partial charge in [0.05, 0.1) is 38.9 Å². The van der Waals surface area contributed by atoms with E-state index in [-0.39, 0.29) is 11.3 Å². The number of quaternary nitrogens is 1. The zero-order chi connectivity index (χ0) is 22.4. The fourth-order valence-electron chi connectivity index (χ4n) is 3.78. The maximum atomic E-state index is 13.0. The van der Waals surface area contributed by atoms with Gasteiger partial charge in [-0.3, -0.25) is 9.59 Å². The Hall–Kier alpha value is -3.12. The molecule has 1 amide bonds. The lowest BCUT2D eigenvalue weighted by atomic mass is 9.95. The Morgan fingerprint density at radius 2 is 1.74 bits per heavy atom. The van der Waals surface area contributed by atoms with Crippen molar-refractivity contribution in [3.63, 3.8) is 0 Å². The molecule has 1 saturated heterocycles. The number of nitrogens with one attached hydrogen (secondary N) is 1. The van der Waals surface area contributed by atoms with Crippen LogP contribution in [0.5, 0.6) is 5.75 Å². The number of amides is 1. The number of aliphatic hydroxyl groups is 1. The van der Waals surface area contributed by atoms with Crippen LogP contribution in [0.25, 0.3) is 5.76 Å². The van der Waals surface area contributed by atoms with Crippen LogP contribution in [-0.2, 0) is 9.59 Å². The number of nitrogens with zero attached hydrogens (tertiary/aromatic N) is 1. The molecular formula is C25H31N2O4+. The number of Topliss-reactive ketones (excluding diaryl/α,β-unsaturated/α-hetero) is 1. The highest BCUT2D eigenvalue weighted by Gasteiger charge is 2.45. The molecule has 2 aromatic rings. The Morgan fingerprint density at radius 1 is 1.06 bits per heavy atom. The van der Waals surface area contributed by atoms with E-state index in [1.165, 1.54) is 4.90 Å². The second-order valence-corrected chi connectivity index (χ2v) is 8.09. The Balaban J connectivity index is 1.99. The average molecular weight is 424 g/mol. The molecule has 0 unspecified atom stereocenters. The fourth-order valence-corrected chi connectivity index (χ4v) is 3.78. The van der Waals surface area contributed by atoms with Crippen molar-refractivity contribution in [1.29, 1.82) is 0 Å². The van der Waals surface area contributed by atoms with Crippen molar-refractivity contribution in [3.05, 3.63) is 71.3 Å². The number of carbonyl (C=O) groups is 2. The number of benzene rings is 2. The lowest BCUT2D eigenvalue weighted by molar-refractivity contribution is -0.858. The van der Waals surface area contributed by atoms with Crippen LogP contribution in [0.4, 0.5) is 0 Å². The average Bonchev–Trinajstić information content (AvgIpc) is 3.03. The summed E-state index contributed by atoms with van der Waals surface area (Å²) in [5, 5.41) is 11.1. The SMILES string of the molecule is CCCOc1ccc(C(O)=C2C(=O)C(=O)N(CCC[NH+](C)C)[C@H]2c2ccccc2)cc1. The van der Waals surface area contributed by atoms with Gasteiger partial charge in [-0.25, -0.2) is 0 Å². The molecule has 0 aliphatic carbocycles. The van der Waals surface area contributed by atoms with Gasteiger partial charge in [0.1, 0.15) is 11.5 Å². The summed E-state index contributed by atoms with van der Waals surface area (Å²) in [6, 6.07) is 15.8. The van der Waals surface area contributed by atoms with Crippen molar-refractivity contribution in [2.24, 2.45) is 0 Å². The molecule has 0 saturated carbocycles. The quantitative estimate of drug-likeness (QED) is 0.369. The van der Waals surface area contributed by atoms with E-state index in [9.17, 15) is 14.7 Å². The number of ketones is 1. The lowest BCUT2D eigenvalue weighted by Gasteiger charge is -2.25. The fraction of sp³-hybridized carbons (Fsp3) is 0.360. The predicted octanol–water partition coefficient (Wildman–Crippen LogP) is 2.43. The molecule has 6 nitrogen and oxygen atoms in total. The van der Waals surface area contributed by atoms with Crippen LogP contribution in [0, 0.1) is 0 Å². The van der Waals surface area contributed by atoms with Gasteiger partial charge in [0.25, 0.3) is 11.7 Å². The van der Waals surface area contributed by atoms with Crippen molar-refractivity contribution < 1.29 is 24.3 Å². The Bertz CT molecular complexity index is 936. The van der Waals surface area contributed by atoms with Gasteiger partial charge in [0.15, 0.2) is 0 Å². The highest BCUT2D eigenvalue weighted by molar-refractivity contribution is 6.46. The van der Waals surface area contributed by atoms with Gasteiger partial charge >= 0.3 is 0 Å². The monoisotopic (exact) mass is 423 g/mol. The molecule has 1 fully saturated rings. The first kappa shape index (κ1) is 22.6. The largest absolute Gasteiger partial charge is 0.507 e. The van der Waals surface area contributed by atoms with Gasteiger partial charge in [-0.2, -0.15) is 0 Å². The molecule has 1 heterocycles. The summed E-state index contributed by atoms with van der Waals surface area (Å²) in [5.41, 5.74) is 1.43. The maximum Gasteiger partial charge on any atom is 0.295 e. The number of ether oxygens (including phenoxy) is 1. The smallest absolute Gasteiger partial charge is 0.295 e. The maximum absolute atomic E-state index is 13.0. The van der Waals surface area contributed by atoms with E-state index in [2.05, 4.69) is 14.1 Å². The van der Waals surface area contributed by atoms with Crippen LogP contribution in [-0.4, -0.2) is 55.5 Å². The van der Waals surface area contributed by atoms with Gasteiger partial charge in [-0.15, -0.1) is 0 Å². The highest BCUT2D eigenvalue weighted by Crippen LogP contribution is 2.39. The minimum absolute atomic E-state index is 0.135. The predicted molar refractivity (Wildman–Crippen MR) is 120 cm³/mol. The number of rotatable bonds is 9. The zero-order valence-corrected chi connectivity index (χ0v) is 18.4. The molecule has 1 atom stereocenters. The first-order valence-corrected chi connectivity index (χ1v) is 10.8. The summed E-state index contributed by atoms with van der Waals surface area (Å²) in [6.45, 7) is 3.97. The lowest BCUT2D eigenvalue weighted by Crippen LogP contribution is -3.05. The van der Waals surface area contributed by atoms with Gasteiger partial charge in [0, 0.05) is 18.5 Å². The van der Waals surface area contributed by atoms with Crippen molar-refractivity contribution in [1.82, 2.24) is 4.90 Å². The molecule has 31 heavy (non-hydrogen) atoms. The van der Waals surface area contributed by atoms with Crippen LogP contribution in [0.2, 0.25) is 0 Å². The summed E-state index contributed by atoms with van der Waals surface area (Å²) in [7, 11) is 4.10. The third-order valence-electron chi connectivity index (χ3n) is 5.33. The summed E-state index contributed by atoms with van der Waals surface area (Å²) < 4.78 is 5.60. The van der Waals surface area contributed by atoms with Crippen LogP contribution >= 0.6 is 0 Å². The minimum Gasteiger partial charge on any atom is -0.507 e. The Labute approximate surface area is 183 Å². The molecule has 0 radical (unpaired) electrons. The van der Waals surface area contributed by atoms with Crippen molar-refractivity contribution in [2.75, 3.05) is 33.8 Å². The van der Waals surface area contributed by atoms with E-state index in [0.29, 0.717) is 24.5 Å². The topological polar surface area (TPSA) is 71.3 Å². The minimum atomic E-state index is -0.644. The van der Waals surface area contributed by atoms with Gasteiger partial charge in [-0.1, -0.05) is 37.3 Å². The first-order valence-electron chi connectivity index (χ1n) is 10.8. The number of hydrogen-bond acceptors (Lipinski definition) is 4. The first-order chi connectivity index (χ1) is 14.9. The van der Waals surface area contributed by atoms with Crippen LogP contribution in [0.3, 0.4) is 0 Å². The molecule has 2 N–H and O–H groups in total. The molecule has 2 aromatic carbocycles. The molecule has 0 aromatic heterocycles. The van der Waals surface area contributed by atoms with Crippen molar-refractivity contribution in [3.8, 4) is 5.75 Å². The molecule has 3 rings (SSSR count). The van der Waals surface area contributed by atoms with E-state index >= 15 is 0 Å². The normalized spacial score (nSPS) is 18.1. The van der Waals surface area contributed by atoms with E-state index in [4.69, 9.17) is 4.74 Å². The summed E-state index contributed by atoms with van der Waals surface area (Å²) in [4.78, 5) is 28.7. The van der Waals surface area contributed by atoms with Gasteiger partial charge in [0.2, 0.25) is 0 Å². The van der Waals surface area contributed by atoms with Crippen molar-refractivity contribution in [2.45, 2.75) is 25.8 Å². The molecular weight excluding hydrogens is 392 g/mol. The molecule has 164 valence electrons.